The first kappa shape index (κ1) is 16.9. The summed E-state index contributed by atoms with van der Waals surface area (Å²) in [5.41, 5.74) is 5.31. The third kappa shape index (κ3) is 4.52. The van der Waals surface area contributed by atoms with Crippen molar-refractivity contribution in [3.05, 3.63) is 54.4 Å². The Bertz CT molecular complexity index is 741. The van der Waals surface area contributed by atoms with Gasteiger partial charge < -0.3 is 5.32 Å². The molecular weight excluding hydrogens is 287 g/mol. The molecule has 0 aliphatic heterocycles. The Morgan fingerprint density at radius 3 is 2.48 bits per heavy atom. The van der Waals surface area contributed by atoms with Gasteiger partial charge in [0.25, 0.3) is 0 Å². The van der Waals surface area contributed by atoms with Gasteiger partial charge in [0.2, 0.25) is 0 Å². The summed E-state index contributed by atoms with van der Waals surface area (Å²) in [5, 5.41) is 3.24. The van der Waals surface area contributed by atoms with Gasteiger partial charge in [0.1, 0.15) is 5.82 Å². The zero-order chi connectivity index (χ0) is 17.0. The quantitative estimate of drug-likeness (QED) is 0.666. The summed E-state index contributed by atoms with van der Waals surface area (Å²) in [6, 6.07) is 11.2. The van der Waals surface area contributed by atoms with Crippen molar-refractivity contribution < 1.29 is 4.39 Å². The zero-order valence-electron chi connectivity index (χ0n) is 14.2. The molecule has 0 heterocycles. The minimum absolute atomic E-state index is 0.246. The van der Waals surface area contributed by atoms with Gasteiger partial charge in [-0.1, -0.05) is 24.8 Å². The molecule has 0 saturated heterocycles. The number of benzene rings is 2. The van der Waals surface area contributed by atoms with Gasteiger partial charge in [-0.25, -0.2) is 4.39 Å². The number of hydrogen-bond acceptors (Lipinski definition) is 2. The molecule has 3 heteroatoms. The van der Waals surface area contributed by atoms with Gasteiger partial charge in [-0.3, -0.25) is 4.99 Å². The van der Waals surface area contributed by atoms with Crippen LogP contribution in [0.15, 0.2) is 48.0 Å². The van der Waals surface area contributed by atoms with Crippen LogP contribution in [0, 0.1) is 5.82 Å². The van der Waals surface area contributed by atoms with E-state index in [0.29, 0.717) is 0 Å². The zero-order valence-corrected chi connectivity index (χ0v) is 14.2. The molecule has 0 aliphatic rings. The summed E-state index contributed by atoms with van der Waals surface area (Å²) >= 11 is 0. The predicted octanol–water partition coefficient (Wildman–Crippen LogP) is 6.07. The Balaban J connectivity index is 2.51. The summed E-state index contributed by atoms with van der Waals surface area (Å²) in [6.45, 7) is 11.8. The van der Waals surface area contributed by atoms with Crippen LogP contribution in [0.3, 0.4) is 0 Å². The molecule has 0 spiro atoms. The minimum atomic E-state index is -0.254. The molecule has 0 atom stereocenters. The van der Waals surface area contributed by atoms with Crippen LogP contribution in [0.2, 0.25) is 0 Å². The lowest BCUT2D eigenvalue weighted by Gasteiger charge is -2.13. The molecule has 2 aromatic rings. The number of anilines is 1. The van der Waals surface area contributed by atoms with E-state index in [1.165, 1.54) is 6.07 Å². The number of halogens is 1. The Morgan fingerprint density at radius 2 is 1.87 bits per heavy atom. The highest BCUT2D eigenvalue weighted by Gasteiger charge is 2.07. The summed E-state index contributed by atoms with van der Waals surface area (Å²) in [7, 11) is 0. The molecule has 1 N–H and O–H groups in total. The number of aliphatic imine (C=N–C) groups is 1. The molecule has 0 unspecified atom stereocenters. The van der Waals surface area contributed by atoms with E-state index < -0.39 is 0 Å². The topological polar surface area (TPSA) is 24.4 Å². The first-order valence-corrected chi connectivity index (χ1v) is 7.75. The highest BCUT2D eigenvalue weighted by atomic mass is 19.1. The largest absolute Gasteiger partial charge is 0.383 e. The van der Waals surface area contributed by atoms with Crippen LogP contribution >= 0.6 is 0 Å². The predicted molar refractivity (Wildman–Crippen MR) is 99.1 cm³/mol. The van der Waals surface area contributed by atoms with Gasteiger partial charge in [0.15, 0.2) is 0 Å². The third-order valence-electron chi connectivity index (χ3n) is 3.28. The van der Waals surface area contributed by atoms with E-state index >= 15 is 0 Å². The summed E-state index contributed by atoms with van der Waals surface area (Å²) in [5.74, 6) is -0.254. The van der Waals surface area contributed by atoms with Crippen LogP contribution in [-0.4, -0.2) is 11.8 Å². The van der Waals surface area contributed by atoms with Crippen LogP contribution in [0.1, 0.15) is 33.3 Å². The van der Waals surface area contributed by atoms with Crippen LogP contribution in [0.25, 0.3) is 17.2 Å². The average molecular weight is 310 g/mol. The van der Waals surface area contributed by atoms with E-state index in [-0.39, 0.29) is 11.9 Å². The van der Waals surface area contributed by atoms with Crippen molar-refractivity contribution >= 4 is 23.2 Å². The van der Waals surface area contributed by atoms with E-state index in [9.17, 15) is 4.39 Å². The molecule has 23 heavy (non-hydrogen) atoms. The number of rotatable bonds is 5. The molecule has 0 aromatic heterocycles. The molecule has 0 saturated carbocycles. The maximum atomic E-state index is 13.9. The highest BCUT2D eigenvalue weighted by Crippen LogP contribution is 2.30. The Labute approximate surface area is 137 Å². The molecule has 0 aliphatic carbocycles. The van der Waals surface area contributed by atoms with Crippen LogP contribution in [-0.2, 0) is 0 Å². The molecule has 2 rings (SSSR count). The molecular formula is C20H23FN2. The van der Waals surface area contributed by atoms with E-state index in [0.717, 1.165) is 33.8 Å². The second-order valence-electron chi connectivity index (χ2n) is 6.06. The monoisotopic (exact) mass is 310 g/mol. The fraction of sp³-hybridized carbons (Fsp3) is 0.250. The van der Waals surface area contributed by atoms with Crippen molar-refractivity contribution in [1.82, 2.24) is 0 Å². The van der Waals surface area contributed by atoms with Crippen LogP contribution in [0.4, 0.5) is 15.8 Å². The number of nitrogens with one attached hydrogen (secondary N) is 1. The average Bonchev–Trinajstić information content (AvgIpc) is 2.45. The molecule has 0 radical (unpaired) electrons. The minimum Gasteiger partial charge on any atom is -0.383 e. The molecule has 0 amide bonds. The number of nitrogens with zero attached hydrogens (tertiary/aromatic N) is 1. The highest BCUT2D eigenvalue weighted by molar-refractivity contribution is 5.85. The van der Waals surface area contributed by atoms with Gasteiger partial charge in [-0.15, -0.1) is 0 Å². The van der Waals surface area contributed by atoms with Gasteiger partial charge in [0, 0.05) is 17.4 Å². The molecule has 120 valence electrons. The van der Waals surface area contributed by atoms with Crippen LogP contribution < -0.4 is 5.32 Å². The molecule has 0 fully saturated rings. The maximum absolute atomic E-state index is 13.9. The van der Waals surface area contributed by atoms with Crippen molar-refractivity contribution in [2.24, 2.45) is 4.99 Å². The van der Waals surface area contributed by atoms with E-state index in [1.54, 1.807) is 12.1 Å². The smallest absolute Gasteiger partial charge is 0.125 e. The summed E-state index contributed by atoms with van der Waals surface area (Å²) < 4.78 is 13.9. The standard InChI is InChI=1S/C20H23FN2/c1-6-15-7-8-16(11-20(15)23-14(4)5)17-9-18(21)12-19(10-17)22-13(2)3/h6-13,22H,1H2,2-5H3. The van der Waals surface area contributed by atoms with Crippen molar-refractivity contribution in [3.8, 4) is 11.1 Å². The van der Waals surface area contributed by atoms with E-state index in [2.05, 4.69) is 16.9 Å². The second-order valence-corrected chi connectivity index (χ2v) is 6.06. The normalized spacial score (nSPS) is 10.5. The first-order valence-electron chi connectivity index (χ1n) is 7.75. The molecule has 0 bridgehead atoms. The maximum Gasteiger partial charge on any atom is 0.125 e. The first-order chi connectivity index (χ1) is 10.9. The van der Waals surface area contributed by atoms with Crippen molar-refractivity contribution in [2.45, 2.75) is 33.7 Å². The fourth-order valence-corrected chi connectivity index (χ4v) is 2.41. The lowest BCUT2D eigenvalue weighted by Crippen LogP contribution is -2.09. The lowest BCUT2D eigenvalue weighted by atomic mass is 10.0. The fourth-order valence-electron chi connectivity index (χ4n) is 2.41. The molecule has 2 aromatic carbocycles. The lowest BCUT2D eigenvalue weighted by molar-refractivity contribution is 0.628. The van der Waals surface area contributed by atoms with E-state index in [1.807, 2.05) is 52.0 Å². The van der Waals surface area contributed by atoms with Crippen molar-refractivity contribution in [1.29, 1.82) is 0 Å². The summed E-state index contributed by atoms with van der Waals surface area (Å²) in [4.78, 5) is 4.55. The number of hydrogen-bond donors (Lipinski definition) is 1. The second kappa shape index (κ2) is 7.23. The Kier molecular flexibility index (Phi) is 5.32. The Morgan fingerprint density at radius 1 is 1.13 bits per heavy atom. The SMILES string of the molecule is C=Cc1ccc(-c2cc(F)cc(NC(C)C)c2)cc1N=C(C)C. The van der Waals surface area contributed by atoms with E-state index in [4.69, 9.17) is 0 Å². The van der Waals surface area contributed by atoms with Crippen molar-refractivity contribution in [3.63, 3.8) is 0 Å². The third-order valence-corrected chi connectivity index (χ3v) is 3.28. The Hall–Kier alpha value is -2.42. The van der Waals surface area contributed by atoms with Crippen molar-refractivity contribution in [2.75, 3.05) is 5.32 Å². The van der Waals surface area contributed by atoms with Gasteiger partial charge in [-0.05, 0) is 68.7 Å². The van der Waals surface area contributed by atoms with Gasteiger partial charge in [-0.2, -0.15) is 0 Å². The summed E-state index contributed by atoms with van der Waals surface area (Å²) in [6.07, 6.45) is 1.78. The van der Waals surface area contributed by atoms with Gasteiger partial charge in [0.05, 0.1) is 5.69 Å². The van der Waals surface area contributed by atoms with Gasteiger partial charge >= 0.3 is 0 Å². The van der Waals surface area contributed by atoms with Crippen LogP contribution in [0.5, 0.6) is 0 Å². The molecule has 2 nitrogen and oxygen atoms in total.